The molecule has 1 N–H and O–H groups in total. The Kier molecular flexibility index (Phi) is 13.0. The Morgan fingerprint density at radius 2 is 0.889 bits per heavy atom. The van der Waals surface area contributed by atoms with Crippen molar-refractivity contribution in [1.29, 1.82) is 0 Å². The fraction of sp³-hybridized carbons (Fsp3) is 0.294. The second-order valence-corrected chi connectivity index (χ2v) is 31.2. The van der Waals surface area contributed by atoms with E-state index >= 15 is 0 Å². The van der Waals surface area contributed by atoms with Gasteiger partial charge in [-0.1, -0.05) is 267 Å². The largest absolute Gasteiger partial charge is 0.507 e. The van der Waals surface area contributed by atoms with Gasteiger partial charge in [0.05, 0.1) is 22.3 Å². The third-order valence-corrected chi connectivity index (χ3v) is 22.4. The Hall–Kier alpha value is -7.91. The van der Waals surface area contributed by atoms with E-state index in [1.165, 1.54) is 61.2 Å². The second-order valence-electron chi connectivity index (χ2n) is 31.2. The molecular formula is C85H82N3OPt-. The van der Waals surface area contributed by atoms with Gasteiger partial charge in [0.1, 0.15) is 11.6 Å². The summed E-state index contributed by atoms with van der Waals surface area (Å²) in [4.78, 5) is 11.0. The average molecular weight is 1360 g/mol. The van der Waals surface area contributed by atoms with Gasteiger partial charge in [-0.3, -0.25) is 9.55 Å². The van der Waals surface area contributed by atoms with Gasteiger partial charge in [-0.25, -0.2) is 4.98 Å². The maximum atomic E-state index is 12.8. The number of benzene rings is 9. The topological polar surface area (TPSA) is 50.9 Å². The zero-order chi connectivity index (χ0) is 62.5. The van der Waals surface area contributed by atoms with Gasteiger partial charge in [0, 0.05) is 71.2 Å². The first-order valence-electron chi connectivity index (χ1n) is 32.2. The second kappa shape index (κ2) is 19.6. The number of nitrogens with zero attached hydrogens (tertiary/aromatic N) is 3. The summed E-state index contributed by atoms with van der Waals surface area (Å²) in [5.41, 5.74) is 25.3. The summed E-state index contributed by atoms with van der Waals surface area (Å²) in [5.74, 6) is 0.931. The fourth-order valence-corrected chi connectivity index (χ4v) is 18.5. The molecule has 15 rings (SSSR count). The summed E-state index contributed by atoms with van der Waals surface area (Å²) >= 11 is 0. The summed E-state index contributed by atoms with van der Waals surface area (Å²) in [7, 11) is 0. The van der Waals surface area contributed by atoms with Gasteiger partial charge < -0.3 is 5.11 Å². The Morgan fingerprint density at radius 3 is 1.43 bits per heavy atom. The first kappa shape index (κ1) is 59.7. The van der Waals surface area contributed by atoms with E-state index in [1.807, 2.05) is 6.20 Å². The van der Waals surface area contributed by atoms with Crippen molar-refractivity contribution in [3.63, 3.8) is 0 Å². The minimum atomic E-state index is -0.360. The number of imidazole rings is 1. The molecule has 0 aliphatic heterocycles. The van der Waals surface area contributed by atoms with Crippen LogP contribution in [0.3, 0.4) is 0 Å². The number of phenolic OH excluding ortho intramolecular Hbond substituents is 1. The molecule has 5 atom stereocenters. The first-order valence-corrected chi connectivity index (χ1v) is 32.2. The summed E-state index contributed by atoms with van der Waals surface area (Å²) in [6.45, 7) is 37.4. The molecule has 90 heavy (non-hydrogen) atoms. The zero-order valence-electron chi connectivity index (χ0n) is 55.2. The Morgan fingerprint density at radius 1 is 0.400 bits per heavy atom. The van der Waals surface area contributed by atoms with E-state index in [9.17, 15) is 5.11 Å². The number of aromatic hydroxyl groups is 1. The van der Waals surface area contributed by atoms with Crippen LogP contribution in [-0.2, 0) is 64.4 Å². The molecule has 0 amide bonds. The monoisotopic (exact) mass is 1360 g/mol. The van der Waals surface area contributed by atoms with Crippen molar-refractivity contribution in [2.45, 2.75) is 154 Å². The van der Waals surface area contributed by atoms with Crippen LogP contribution in [0.5, 0.6) is 5.75 Å². The van der Waals surface area contributed by atoms with Gasteiger partial charge in [-0.2, -0.15) is 0 Å². The van der Waals surface area contributed by atoms with Crippen LogP contribution in [-0.4, -0.2) is 19.6 Å². The molecule has 9 aromatic carbocycles. The molecule has 0 radical (unpaired) electrons. The first-order chi connectivity index (χ1) is 42.1. The molecule has 2 heterocycles. The van der Waals surface area contributed by atoms with Crippen molar-refractivity contribution in [1.82, 2.24) is 14.5 Å². The Balaban J connectivity index is 0.00000707. The van der Waals surface area contributed by atoms with Crippen LogP contribution >= 0.6 is 0 Å². The van der Waals surface area contributed by atoms with Gasteiger partial charge in [-0.15, -0.1) is 29.3 Å². The number of aromatic nitrogens is 3. The van der Waals surface area contributed by atoms with Crippen LogP contribution in [0.25, 0.3) is 72.7 Å². The third-order valence-electron chi connectivity index (χ3n) is 22.4. The van der Waals surface area contributed by atoms with E-state index in [1.54, 1.807) is 0 Å². The minimum absolute atomic E-state index is 0. The van der Waals surface area contributed by atoms with E-state index in [-0.39, 0.29) is 75.5 Å². The SMILES string of the molecule is CC(C)(C)c1cc(-c2cc(-c3ccc4c(c3)C3(C)c5ccccc5C5(C)c6ccccc6C6(C)c7ccccc7C4(C)C653)ccn2)[c-]c(-c2cccc3c2nc(-c2cc(C(C)(C)C)cc(C(C)(C)C)c2O)n3-c2ccc(C(C)(C)C)cc2-c2ccccc2)c1.[Pt]. The molecular weight excluding hydrogens is 1270 g/mol. The fourth-order valence-electron chi connectivity index (χ4n) is 18.5. The van der Waals surface area contributed by atoms with Crippen LogP contribution in [0.2, 0.25) is 0 Å². The summed E-state index contributed by atoms with van der Waals surface area (Å²) in [6, 6.07) is 77.4. The maximum Gasteiger partial charge on any atom is 0.148 e. The molecule has 4 aliphatic rings. The average Bonchev–Trinajstić information content (AvgIpc) is 1.41. The van der Waals surface area contributed by atoms with E-state index in [2.05, 4.69) is 316 Å². The van der Waals surface area contributed by atoms with E-state index in [0.717, 1.165) is 66.9 Å². The molecule has 4 nitrogen and oxygen atoms in total. The van der Waals surface area contributed by atoms with Gasteiger partial charge in [0.15, 0.2) is 0 Å². The summed E-state index contributed by atoms with van der Waals surface area (Å²) in [6.07, 6.45) is 1.99. The standard InChI is InChI=1S/C85H82N3O.Pt/c1-77(2,3)56-38-40-72(60(48-56)51-27-18-17-19-28-51)88-73-36-26-29-59(74(73)87-76(88)61-49-58(79(7,8)9)50-70(75(61)89)80(10,11)12)54-43-55(45-57(44-54)78(4,5)6)71-47-53(41-42-86-71)52-37-39-68-69(46-52)84(16)67-35-25-24-34-66(67)82(14)63-31-21-20-30-62(63)81(13)64-32-22-23-33-65(64)83(68,15)85(81,82)84;/h17-42,44-50,89H,1-16H3;/q-1;. The zero-order valence-corrected chi connectivity index (χ0v) is 57.4. The number of fused-ring (bicyclic) bond motifs is 13. The van der Waals surface area contributed by atoms with E-state index in [4.69, 9.17) is 9.97 Å². The van der Waals surface area contributed by atoms with Gasteiger partial charge in [0.25, 0.3) is 0 Å². The molecule has 0 saturated heterocycles. The van der Waals surface area contributed by atoms with Crippen LogP contribution in [0.4, 0.5) is 0 Å². The molecule has 4 aliphatic carbocycles. The smallest absolute Gasteiger partial charge is 0.148 e. The van der Waals surface area contributed by atoms with E-state index in [0.29, 0.717) is 11.4 Å². The molecule has 5 unspecified atom stereocenters. The number of para-hydroxylation sites is 1. The van der Waals surface area contributed by atoms with Crippen molar-refractivity contribution in [2.24, 2.45) is 5.41 Å². The number of hydrogen-bond donors (Lipinski definition) is 1. The van der Waals surface area contributed by atoms with Crippen molar-refractivity contribution in [2.75, 3.05) is 0 Å². The minimum Gasteiger partial charge on any atom is -0.507 e. The molecule has 5 heteroatoms. The normalized spacial score (nSPS) is 22.0. The molecule has 11 aromatic rings. The number of hydrogen-bond acceptors (Lipinski definition) is 3. The molecule has 2 aromatic heterocycles. The van der Waals surface area contributed by atoms with Crippen LogP contribution in [0.15, 0.2) is 200 Å². The van der Waals surface area contributed by atoms with Crippen molar-refractivity contribution >= 4 is 11.0 Å². The third kappa shape index (κ3) is 7.70. The van der Waals surface area contributed by atoms with Crippen LogP contribution < -0.4 is 0 Å². The summed E-state index contributed by atoms with van der Waals surface area (Å²) < 4.78 is 2.31. The van der Waals surface area contributed by atoms with Crippen molar-refractivity contribution < 1.29 is 26.2 Å². The number of phenols is 1. The number of rotatable bonds is 6. The molecule has 0 fully saturated rings. The van der Waals surface area contributed by atoms with Gasteiger partial charge >= 0.3 is 0 Å². The predicted octanol–water partition coefficient (Wildman–Crippen LogP) is 21.0. The maximum absolute atomic E-state index is 12.8. The van der Waals surface area contributed by atoms with Crippen molar-refractivity contribution in [3.8, 4) is 67.5 Å². The van der Waals surface area contributed by atoms with E-state index < -0.39 is 0 Å². The number of pyridine rings is 1. The van der Waals surface area contributed by atoms with Crippen LogP contribution in [0, 0.1) is 11.5 Å². The quantitative estimate of drug-likeness (QED) is 0.169. The molecule has 1 spiro atoms. The van der Waals surface area contributed by atoms with Crippen molar-refractivity contribution in [3.05, 3.63) is 273 Å². The predicted molar refractivity (Wildman–Crippen MR) is 369 cm³/mol. The van der Waals surface area contributed by atoms with Crippen LogP contribution in [0.1, 0.15) is 178 Å². The summed E-state index contributed by atoms with van der Waals surface area (Å²) in [5, 5.41) is 12.8. The van der Waals surface area contributed by atoms with Gasteiger partial charge in [-0.05, 0) is 130 Å². The molecule has 454 valence electrons. The Bertz CT molecular complexity index is 4770. The Labute approximate surface area is 548 Å². The van der Waals surface area contributed by atoms with Gasteiger partial charge in [0.2, 0.25) is 0 Å². The molecule has 0 saturated carbocycles. The molecule has 0 bridgehead atoms.